The van der Waals surface area contributed by atoms with E-state index in [-0.39, 0.29) is 11.9 Å². The second-order valence-electron chi connectivity index (χ2n) is 5.13. The molecule has 0 fully saturated rings. The van der Waals surface area contributed by atoms with E-state index >= 15 is 0 Å². The lowest BCUT2D eigenvalue weighted by molar-refractivity contribution is -0.116. The summed E-state index contributed by atoms with van der Waals surface area (Å²) in [5, 5.41) is 6.08. The highest BCUT2D eigenvalue weighted by Gasteiger charge is 2.12. The standard InChI is InChI=1S/C18H22N2O2/c1-4-14-5-7-16(8-6-14)20-18(21)13(2)19-15-9-11-17(22-3)12-10-15/h5-13,19H,4H2,1-3H3,(H,20,21)/t13-/m1/s1. The molecule has 0 spiro atoms. The lowest BCUT2D eigenvalue weighted by atomic mass is 10.1. The number of rotatable bonds is 6. The van der Waals surface area contributed by atoms with Gasteiger partial charge in [-0.25, -0.2) is 0 Å². The zero-order valence-corrected chi connectivity index (χ0v) is 13.2. The molecule has 2 aromatic carbocycles. The third-order valence-corrected chi connectivity index (χ3v) is 3.50. The maximum atomic E-state index is 12.2. The van der Waals surface area contributed by atoms with E-state index in [9.17, 15) is 4.79 Å². The zero-order valence-electron chi connectivity index (χ0n) is 13.2. The number of hydrogen-bond donors (Lipinski definition) is 2. The molecule has 0 unspecified atom stereocenters. The van der Waals surface area contributed by atoms with E-state index in [2.05, 4.69) is 17.6 Å². The van der Waals surface area contributed by atoms with Crippen LogP contribution in [0.3, 0.4) is 0 Å². The molecule has 0 aliphatic carbocycles. The van der Waals surface area contributed by atoms with Crippen molar-refractivity contribution >= 4 is 17.3 Å². The van der Waals surface area contributed by atoms with Crippen molar-refractivity contribution in [2.75, 3.05) is 17.7 Å². The first kappa shape index (κ1) is 15.9. The molecule has 22 heavy (non-hydrogen) atoms. The van der Waals surface area contributed by atoms with E-state index in [0.29, 0.717) is 0 Å². The Hall–Kier alpha value is -2.49. The molecule has 0 saturated heterocycles. The number of benzene rings is 2. The summed E-state index contributed by atoms with van der Waals surface area (Å²) in [6.45, 7) is 3.94. The first-order chi connectivity index (χ1) is 10.6. The lowest BCUT2D eigenvalue weighted by Gasteiger charge is -2.15. The molecular formula is C18H22N2O2. The molecule has 2 N–H and O–H groups in total. The number of carbonyl (C=O) groups is 1. The third kappa shape index (κ3) is 4.25. The fourth-order valence-corrected chi connectivity index (χ4v) is 2.08. The van der Waals surface area contributed by atoms with Crippen LogP contribution in [0.2, 0.25) is 0 Å². The predicted octanol–water partition coefficient (Wildman–Crippen LogP) is 3.70. The van der Waals surface area contributed by atoms with Crippen LogP contribution in [0.1, 0.15) is 19.4 Å². The Morgan fingerprint density at radius 3 is 2.18 bits per heavy atom. The molecule has 4 heteroatoms. The molecule has 0 aromatic heterocycles. The van der Waals surface area contributed by atoms with E-state index in [0.717, 1.165) is 23.5 Å². The summed E-state index contributed by atoms with van der Waals surface area (Å²) in [6, 6.07) is 15.1. The minimum Gasteiger partial charge on any atom is -0.497 e. The maximum Gasteiger partial charge on any atom is 0.246 e. The first-order valence-electron chi connectivity index (χ1n) is 7.42. The van der Waals surface area contributed by atoms with Gasteiger partial charge < -0.3 is 15.4 Å². The molecule has 1 atom stereocenters. The van der Waals surface area contributed by atoms with E-state index in [1.165, 1.54) is 5.56 Å². The Bertz CT molecular complexity index is 606. The highest BCUT2D eigenvalue weighted by atomic mass is 16.5. The van der Waals surface area contributed by atoms with Crippen LogP contribution in [0.5, 0.6) is 5.75 Å². The fraction of sp³-hybridized carbons (Fsp3) is 0.278. The Labute approximate surface area is 131 Å². The van der Waals surface area contributed by atoms with Gasteiger partial charge in [-0.15, -0.1) is 0 Å². The minimum atomic E-state index is -0.334. The van der Waals surface area contributed by atoms with Gasteiger partial charge in [-0.1, -0.05) is 19.1 Å². The van der Waals surface area contributed by atoms with Crippen molar-refractivity contribution in [3.05, 3.63) is 54.1 Å². The quantitative estimate of drug-likeness (QED) is 0.855. The monoisotopic (exact) mass is 298 g/mol. The van der Waals surface area contributed by atoms with Gasteiger partial charge in [-0.2, -0.15) is 0 Å². The summed E-state index contributed by atoms with van der Waals surface area (Å²) in [6.07, 6.45) is 0.990. The number of methoxy groups -OCH3 is 1. The lowest BCUT2D eigenvalue weighted by Crippen LogP contribution is -2.31. The summed E-state index contributed by atoms with van der Waals surface area (Å²) in [4.78, 5) is 12.2. The van der Waals surface area contributed by atoms with Gasteiger partial charge in [0, 0.05) is 11.4 Å². The third-order valence-electron chi connectivity index (χ3n) is 3.50. The van der Waals surface area contributed by atoms with Crippen LogP contribution in [0.4, 0.5) is 11.4 Å². The average molecular weight is 298 g/mol. The molecule has 0 heterocycles. The number of aryl methyl sites for hydroxylation is 1. The largest absolute Gasteiger partial charge is 0.497 e. The molecule has 1 amide bonds. The number of ether oxygens (including phenoxy) is 1. The topological polar surface area (TPSA) is 50.4 Å². The van der Waals surface area contributed by atoms with Gasteiger partial charge in [0.2, 0.25) is 5.91 Å². The molecular weight excluding hydrogens is 276 g/mol. The van der Waals surface area contributed by atoms with Gasteiger partial charge in [0.15, 0.2) is 0 Å². The molecule has 2 rings (SSSR count). The number of hydrogen-bond acceptors (Lipinski definition) is 3. The average Bonchev–Trinajstić information content (AvgIpc) is 2.56. The second-order valence-corrected chi connectivity index (χ2v) is 5.13. The number of amides is 1. The molecule has 0 aliphatic heterocycles. The minimum absolute atomic E-state index is 0.0694. The van der Waals surface area contributed by atoms with Crippen LogP contribution in [-0.2, 0) is 11.2 Å². The summed E-state index contributed by atoms with van der Waals surface area (Å²) in [7, 11) is 1.63. The maximum absolute atomic E-state index is 12.2. The van der Waals surface area contributed by atoms with E-state index in [4.69, 9.17) is 4.74 Å². The Morgan fingerprint density at radius 1 is 1.05 bits per heavy atom. The van der Waals surface area contributed by atoms with Crippen molar-refractivity contribution < 1.29 is 9.53 Å². The van der Waals surface area contributed by atoms with E-state index in [1.807, 2.05) is 55.5 Å². The van der Waals surface area contributed by atoms with Gasteiger partial charge >= 0.3 is 0 Å². The Balaban J connectivity index is 1.92. The van der Waals surface area contributed by atoms with Gasteiger partial charge in [0.25, 0.3) is 0 Å². The van der Waals surface area contributed by atoms with Crippen molar-refractivity contribution in [1.82, 2.24) is 0 Å². The molecule has 0 aliphatic rings. The summed E-state index contributed by atoms with van der Waals surface area (Å²) in [5.74, 6) is 0.721. The van der Waals surface area contributed by atoms with Crippen molar-refractivity contribution in [3.8, 4) is 5.75 Å². The highest BCUT2D eigenvalue weighted by molar-refractivity contribution is 5.96. The van der Waals surface area contributed by atoms with E-state index < -0.39 is 0 Å². The van der Waals surface area contributed by atoms with Crippen LogP contribution < -0.4 is 15.4 Å². The van der Waals surface area contributed by atoms with Gasteiger partial charge in [0.1, 0.15) is 11.8 Å². The molecule has 0 radical (unpaired) electrons. The van der Waals surface area contributed by atoms with Crippen LogP contribution in [0.15, 0.2) is 48.5 Å². The number of carbonyl (C=O) groups excluding carboxylic acids is 1. The number of nitrogens with one attached hydrogen (secondary N) is 2. The fourth-order valence-electron chi connectivity index (χ4n) is 2.08. The molecule has 0 saturated carbocycles. The second kappa shape index (κ2) is 7.50. The smallest absolute Gasteiger partial charge is 0.246 e. The van der Waals surface area contributed by atoms with Gasteiger partial charge in [0.05, 0.1) is 7.11 Å². The van der Waals surface area contributed by atoms with Crippen molar-refractivity contribution in [2.45, 2.75) is 26.3 Å². The summed E-state index contributed by atoms with van der Waals surface area (Å²) in [5.41, 5.74) is 2.94. The van der Waals surface area contributed by atoms with Crippen molar-refractivity contribution in [2.24, 2.45) is 0 Å². The van der Waals surface area contributed by atoms with E-state index in [1.54, 1.807) is 7.11 Å². The summed E-state index contributed by atoms with van der Waals surface area (Å²) >= 11 is 0. The molecule has 116 valence electrons. The summed E-state index contributed by atoms with van der Waals surface area (Å²) < 4.78 is 5.11. The van der Waals surface area contributed by atoms with Crippen LogP contribution in [0, 0.1) is 0 Å². The number of anilines is 2. The first-order valence-corrected chi connectivity index (χ1v) is 7.42. The Morgan fingerprint density at radius 2 is 1.64 bits per heavy atom. The van der Waals surface area contributed by atoms with Gasteiger partial charge in [-0.05, 0) is 55.3 Å². The Kier molecular flexibility index (Phi) is 5.42. The SMILES string of the molecule is CCc1ccc(NC(=O)[C@@H](C)Nc2ccc(OC)cc2)cc1. The predicted molar refractivity (Wildman–Crippen MR) is 90.5 cm³/mol. The van der Waals surface area contributed by atoms with Crippen LogP contribution >= 0.6 is 0 Å². The molecule has 4 nitrogen and oxygen atoms in total. The zero-order chi connectivity index (χ0) is 15.9. The van der Waals surface area contributed by atoms with Crippen molar-refractivity contribution in [1.29, 1.82) is 0 Å². The van der Waals surface area contributed by atoms with Gasteiger partial charge in [-0.3, -0.25) is 4.79 Å². The molecule has 0 bridgehead atoms. The normalized spacial score (nSPS) is 11.6. The highest BCUT2D eigenvalue weighted by Crippen LogP contribution is 2.16. The molecule has 2 aromatic rings. The van der Waals surface area contributed by atoms with Crippen LogP contribution in [-0.4, -0.2) is 19.1 Å². The van der Waals surface area contributed by atoms with Crippen LogP contribution in [0.25, 0.3) is 0 Å². The van der Waals surface area contributed by atoms with Crippen molar-refractivity contribution in [3.63, 3.8) is 0 Å².